The number of benzene rings is 1. The standard InChI is InChI=1S/C14H23N3O3S/c1-16-21(19,20)14-7-6-11(9-13(14)15)17-8-4-2-3-5-12(17)10-18/h6-7,9,12,16,18H,2-5,8,10,15H2,1H3. The summed E-state index contributed by atoms with van der Waals surface area (Å²) in [5.74, 6) is 0. The summed E-state index contributed by atoms with van der Waals surface area (Å²) in [4.78, 5) is 2.21. The van der Waals surface area contributed by atoms with Gasteiger partial charge in [0.1, 0.15) is 4.90 Å². The summed E-state index contributed by atoms with van der Waals surface area (Å²) in [7, 11) is -2.19. The molecule has 1 aromatic rings. The van der Waals surface area contributed by atoms with E-state index in [0.29, 0.717) is 0 Å². The van der Waals surface area contributed by atoms with Gasteiger partial charge < -0.3 is 15.7 Å². The number of hydrogen-bond donors (Lipinski definition) is 3. The quantitative estimate of drug-likeness (QED) is 0.718. The van der Waals surface area contributed by atoms with Gasteiger partial charge in [0.15, 0.2) is 0 Å². The molecule has 1 unspecified atom stereocenters. The molecule has 6 nitrogen and oxygen atoms in total. The highest BCUT2D eigenvalue weighted by molar-refractivity contribution is 7.89. The Kier molecular flexibility index (Phi) is 5.08. The van der Waals surface area contributed by atoms with E-state index in [2.05, 4.69) is 9.62 Å². The van der Waals surface area contributed by atoms with Gasteiger partial charge in [-0.2, -0.15) is 0 Å². The Bertz CT molecular complexity index is 589. The van der Waals surface area contributed by atoms with E-state index in [-0.39, 0.29) is 23.2 Å². The highest BCUT2D eigenvalue weighted by Gasteiger charge is 2.22. The highest BCUT2D eigenvalue weighted by Crippen LogP contribution is 2.29. The average molecular weight is 313 g/mol. The van der Waals surface area contributed by atoms with Gasteiger partial charge in [-0.1, -0.05) is 12.8 Å². The van der Waals surface area contributed by atoms with Crippen molar-refractivity contribution in [1.82, 2.24) is 4.72 Å². The van der Waals surface area contributed by atoms with Crippen molar-refractivity contribution < 1.29 is 13.5 Å². The largest absolute Gasteiger partial charge is 0.398 e. The summed E-state index contributed by atoms with van der Waals surface area (Å²) in [5, 5.41) is 9.56. The number of hydrogen-bond acceptors (Lipinski definition) is 5. The smallest absolute Gasteiger partial charge is 0.242 e. The number of anilines is 2. The molecule has 0 amide bonds. The lowest BCUT2D eigenvalue weighted by Crippen LogP contribution is -2.37. The summed E-state index contributed by atoms with van der Waals surface area (Å²) >= 11 is 0. The van der Waals surface area contributed by atoms with Crippen molar-refractivity contribution in [3.05, 3.63) is 18.2 Å². The van der Waals surface area contributed by atoms with E-state index < -0.39 is 10.0 Å². The monoisotopic (exact) mass is 313 g/mol. The van der Waals surface area contributed by atoms with Crippen LogP contribution in [0, 0.1) is 0 Å². The molecule has 21 heavy (non-hydrogen) atoms. The second-order valence-corrected chi connectivity index (χ2v) is 7.16. The second-order valence-electron chi connectivity index (χ2n) is 5.31. The van der Waals surface area contributed by atoms with Crippen LogP contribution >= 0.6 is 0 Å². The van der Waals surface area contributed by atoms with Crippen LogP contribution in [0.1, 0.15) is 25.7 Å². The average Bonchev–Trinajstić information content (AvgIpc) is 2.71. The molecule has 7 heteroatoms. The molecule has 1 saturated heterocycles. The lowest BCUT2D eigenvalue weighted by molar-refractivity contribution is 0.255. The van der Waals surface area contributed by atoms with Crippen LogP contribution in [0.2, 0.25) is 0 Å². The Hall–Kier alpha value is -1.31. The van der Waals surface area contributed by atoms with Gasteiger partial charge in [-0.15, -0.1) is 0 Å². The molecule has 1 fully saturated rings. The van der Waals surface area contributed by atoms with Crippen LogP contribution in [-0.4, -0.2) is 39.8 Å². The number of nitrogens with zero attached hydrogens (tertiary/aromatic N) is 1. The van der Waals surface area contributed by atoms with Crippen molar-refractivity contribution in [2.45, 2.75) is 36.6 Å². The van der Waals surface area contributed by atoms with E-state index in [9.17, 15) is 13.5 Å². The first-order chi connectivity index (χ1) is 9.99. The van der Waals surface area contributed by atoms with Gasteiger partial charge in [-0.3, -0.25) is 0 Å². The third-order valence-corrected chi connectivity index (χ3v) is 5.46. The topological polar surface area (TPSA) is 95.7 Å². The summed E-state index contributed by atoms with van der Waals surface area (Å²) < 4.78 is 25.9. The molecule has 0 spiro atoms. The van der Waals surface area contributed by atoms with Crippen LogP contribution in [0.3, 0.4) is 0 Å². The number of rotatable bonds is 4. The summed E-state index contributed by atoms with van der Waals surface area (Å²) in [6, 6.07) is 5.03. The summed E-state index contributed by atoms with van der Waals surface area (Å²) in [6.45, 7) is 0.944. The summed E-state index contributed by atoms with van der Waals surface area (Å²) in [5.41, 5.74) is 7.00. The van der Waals surface area contributed by atoms with Crippen LogP contribution in [0.25, 0.3) is 0 Å². The van der Waals surface area contributed by atoms with Crippen molar-refractivity contribution in [2.24, 2.45) is 0 Å². The number of aliphatic hydroxyl groups excluding tert-OH is 1. The van der Waals surface area contributed by atoms with Crippen LogP contribution in [-0.2, 0) is 10.0 Å². The van der Waals surface area contributed by atoms with E-state index >= 15 is 0 Å². The van der Waals surface area contributed by atoms with Gasteiger partial charge in [0, 0.05) is 12.2 Å². The van der Waals surface area contributed by atoms with Gasteiger partial charge in [-0.25, -0.2) is 13.1 Å². The molecule has 1 heterocycles. The van der Waals surface area contributed by atoms with Crippen molar-refractivity contribution in [3.63, 3.8) is 0 Å². The molecule has 0 saturated carbocycles. The zero-order chi connectivity index (χ0) is 15.5. The Morgan fingerprint density at radius 2 is 2.14 bits per heavy atom. The fraction of sp³-hybridized carbons (Fsp3) is 0.571. The molecule has 1 aliphatic heterocycles. The first-order valence-corrected chi connectivity index (χ1v) is 8.68. The summed E-state index contributed by atoms with van der Waals surface area (Å²) in [6.07, 6.45) is 4.25. The molecule has 2 rings (SSSR count). The minimum absolute atomic E-state index is 0.0682. The SMILES string of the molecule is CNS(=O)(=O)c1ccc(N2CCCCCC2CO)cc1N. The maximum absolute atomic E-state index is 11.8. The molecule has 118 valence electrons. The van der Waals surface area contributed by atoms with E-state index in [1.165, 1.54) is 13.1 Å². The van der Waals surface area contributed by atoms with Gasteiger partial charge in [0.25, 0.3) is 0 Å². The van der Waals surface area contributed by atoms with E-state index in [4.69, 9.17) is 5.73 Å². The minimum atomic E-state index is -3.55. The van der Waals surface area contributed by atoms with Crippen LogP contribution < -0.4 is 15.4 Å². The lowest BCUT2D eigenvalue weighted by Gasteiger charge is -2.31. The Morgan fingerprint density at radius 1 is 1.38 bits per heavy atom. The second kappa shape index (κ2) is 6.64. The van der Waals surface area contributed by atoms with Crippen molar-refractivity contribution in [1.29, 1.82) is 0 Å². The fourth-order valence-electron chi connectivity index (χ4n) is 2.78. The predicted molar refractivity (Wildman–Crippen MR) is 83.8 cm³/mol. The molecule has 0 bridgehead atoms. The first kappa shape index (κ1) is 16.1. The highest BCUT2D eigenvalue weighted by atomic mass is 32.2. The van der Waals surface area contributed by atoms with E-state index in [1.807, 2.05) is 0 Å². The molecular weight excluding hydrogens is 290 g/mol. The molecule has 0 aliphatic carbocycles. The number of nitrogen functional groups attached to an aromatic ring is 1. The normalized spacial score (nSPS) is 20.3. The zero-order valence-electron chi connectivity index (χ0n) is 12.2. The number of sulfonamides is 1. The molecule has 1 aromatic carbocycles. The third-order valence-electron chi connectivity index (χ3n) is 3.97. The van der Waals surface area contributed by atoms with Crippen LogP contribution in [0.5, 0.6) is 0 Å². The van der Waals surface area contributed by atoms with Gasteiger partial charge in [-0.05, 0) is 38.1 Å². The fourth-order valence-corrected chi connectivity index (χ4v) is 3.61. The van der Waals surface area contributed by atoms with Crippen LogP contribution in [0.4, 0.5) is 11.4 Å². The Morgan fingerprint density at radius 3 is 2.76 bits per heavy atom. The molecule has 4 N–H and O–H groups in total. The van der Waals surface area contributed by atoms with Crippen LogP contribution in [0.15, 0.2) is 23.1 Å². The molecule has 1 atom stereocenters. The van der Waals surface area contributed by atoms with E-state index in [0.717, 1.165) is 37.9 Å². The zero-order valence-corrected chi connectivity index (χ0v) is 13.1. The Balaban J connectivity index is 2.34. The number of nitrogens with one attached hydrogen (secondary N) is 1. The number of aliphatic hydroxyl groups is 1. The molecular formula is C14H23N3O3S. The molecule has 1 aliphatic rings. The van der Waals surface area contributed by atoms with Crippen molar-refractivity contribution in [2.75, 3.05) is 30.8 Å². The molecule has 0 aromatic heterocycles. The van der Waals surface area contributed by atoms with Crippen molar-refractivity contribution >= 4 is 21.4 Å². The third kappa shape index (κ3) is 3.48. The van der Waals surface area contributed by atoms with Gasteiger partial charge in [0.05, 0.1) is 18.3 Å². The lowest BCUT2D eigenvalue weighted by atomic mass is 10.1. The Labute approximate surface area is 126 Å². The van der Waals surface area contributed by atoms with Crippen molar-refractivity contribution in [3.8, 4) is 0 Å². The van der Waals surface area contributed by atoms with E-state index in [1.54, 1.807) is 12.1 Å². The molecule has 0 radical (unpaired) electrons. The predicted octanol–water partition coefficient (Wildman–Crippen LogP) is 0.918. The van der Waals surface area contributed by atoms with Gasteiger partial charge >= 0.3 is 0 Å². The maximum Gasteiger partial charge on any atom is 0.242 e. The number of nitrogens with two attached hydrogens (primary N) is 1. The maximum atomic E-state index is 11.8. The minimum Gasteiger partial charge on any atom is -0.398 e. The first-order valence-electron chi connectivity index (χ1n) is 7.20. The van der Waals surface area contributed by atoms with Gasteiger partial charge in [0.2, 0.25) is 10.0 Å².